The largest absolute Gasteiger partial charge is 0.495 e. The Bertz CT molecular complexity index is 421. The maximum atomic E-state index is 13.2. The topological polar surface area (TPSA) is 57.4 Å². The van der Waals surface area contributed by atoms with Crippen molar-refractivity contribution in [3.05, 3.63) is 18.0 Å². The van der Waals surface area contributed by atoms with Gasteiger partial charge in [-0.3, -0.25) is 4.98 Å². The molecule has 1 aliphatic carbocycles. The van der Waals surface area contributed by atoms with Gasteiger partial charge >= 0.3 is 0 Å². The molecule has 6 heteroatoms. The van der Waals surface area contributed by atoms with Crippen LogP contribution in [-0.2, 0) is 5.41 Å². The van der Waals surface area contributed by atoms with Gasteiger partial charge in [0.1, 0.15) is 11.5 Å². The Morgan fingerprint density at radius 2 is 1.72 bits per heavy atom. The Labute approximate surface area is 104 Å². The summed E-state index contributed by atoms with van der Waals surface area (Å²) in [6.45, 7) is 0.124. The molecule has 1 heterocycles. The normalized spacial score (nSPS) is 20.1. The van der Waals surface area contributed by atoms with E-state index in [1.54, 1.807) is 0 Å². The highest BCUT2D eigenvalue weighted by Crippen LogP contribution is 2.56. The number of hydrogen-bond donors (Lipinski definition) is 1. The summed E-state index contributed by atoms with van der Waals surface area (Å²) in [5.74, 6) is -1.79. The van der Waals surface area contributed by atoms with Crippen LogP contribution in [0.5, 0.6) is 11.5 Å². The lowest BCUT2D eigenvalue weighted by atomic mass is 9.61. The van der Waals surface area contributed by atoms with Gasteiger partial charge in [-0.15, -0.1) is 0 Å². The van der Waals surface area contributed by atoms with Crippen molar-refractivity contribution >= 4 is 0 Å². The number of aromatic nitrogens is 1. The predicted molar refractivity (Wildman–Crippen MR) is 62.3 cm³/mol. The molecule has 0 amide bonds. The Morgan fingerprint density at radius 1 is 1.22 bits per heavy atom. The summed E-state index contributed by atoms with van der Waals surface area (Å²) < 4.78 is 36.8. The lowest BCUT2D eigenvalue weighted by molar-refractivity contribution is -0.124. The first-order valence-corrected chi connectivity index (χ1v) is 5.62. The molecule has 0 aliphatic heterocycles. The molecule has 0 spiro atoms. The van der Waals surface area contributed by atoms with E-state index >= 15 is 0 Å². The van der Waals surface area contributed by atoms with E-state index in [4.69, 9.17) is 15.2 Å². The van der Waals surface area contributed by atoms with Crippen molar-refractivity contribution in [2.24, 2.45) is 5.73 Å². The van der Waals surface area contributed by atoms with E-state index in [1.165, 1.54) is 26.6 Å². The smallest absolute Gasteiger partial charge is 0.250 e. The molecule has 1 aromatic rings. The van der Waals surface area contributed by atoms with Gasteiger partial charge in [0.2, 0.25) is 5.92 Å². The third kappa shape index (κ3) is 1.90. The molecular weight excluding hydrogens is 242 g/mol. The number of alkyl halides is 2. The van der Waals surface area contributed by atoms with Crippen LogP contribution in [0.25, 0.3) is 0 Å². The van der Waals surface area contributed by atoms with Crippen molar-refractivity contribution in [2.45, 2.75) is 24.2 Å². The minimum Gasteiger partial charge on any atom is -0.495 e. The molecule has 4 nitrogen and oxygen atoms in total. The standard InChI is InChI=1S/C12H16F2N2O2/c1-17-8-3-16-4-9(18-2)10(8)11(7-15)5-12(13,14)6-11/h3-4H,5-7,15H2,1-2H3. The van der Waals surface area contributed by atoms with E-state index in [9.17, 15) is 8.78 Å². The van der Waals surface area contributed by atoms with Gasteiger partial charge in [-0.2, -0.15) is 0 Å². The minimum absolute atomic E-state index is 0.124. The van der Waals surface area contributed by atoms with Crippen LogP contribution in [-0.4, -0.2) is 31.7 Å². The quantitative estimate of drug-likeness (QED) is 0.893. The molecule has 1 aromatic heterocycles. The highest BCUT2D eigenvalue weighted by Gasteiger charge is 2.58. The van der Waals surface area contributed by atoms with E-state index in [2.05, 4.69) is 4.98 Å². The molecule has 0 aromatic carbocycles. The van der Waals surface area contributed by atoms with E-state index < -0.39 is 11.3 Å². The lowest BCUT2D eigenvalue weighted by Crippen LogP contribution is -2.54. The number of halogens is 2. The average Bonchev–Trinajstić information content (AvgIpc) is 2.34. The highest BCUT2D eigenvalue weighted by atomic mass is 19.3. The molecule has 0 bridgehead atoms. The van der Waals surface area contributed by atoms with Gasteiger partial charge in [0.05, 0.1) is 26.6 Å². The van der Waals surface area contributed by atoms with E-state index in [0.717, 1.165) is 0 Å². The molecule has 2 N–H and O–H groups in total. The molecule has 1 saturated carbocycles. The summed E-state index contributed by atoms with van der Waals surface area (Å²) in [6.07, 6.45) is 2.41. The average molecular weight is 258 g/mol. The first kappa shape index (κ1) is 13.0. The molecule has 0 unspecified atom stereocenters. The predicted octanol–water partition coefficient (Wildman–Crippen LogP) is 1.72. The number of rotatable bonds is 4. The summed E-state index contributed by atoms with van der Waals surface area (Å²) in [7, 11) is 2.95. The van der Waals surface area contributed by atoms with Gasteiger partial charge in [-0.1, -0.05) is 0 Å². The third-order valence-corrected chi connectivity index (χ3v) is 3.43. The van der Waals surface area contributed by atoms with Crippen molar-refractivity contribution in [3.8, 4) is 11.5 Å². The summed E-state index contributed by atoms with van der Waals surface area (Å²) in [5, 5.41) is 0. The van der Waals surface area contributed by atoms with Gasteiger partial charge in [0.25, 0.3) is 0 Å². The minimum atomic E-state index is -2.67. The second-order valence-electron chi connectivity index (χ2n) is 4.61. The number of nitrogens with two attached hydrogens (primary N) is 1. The number of ether oxygens (including phenoxy) is 2. The fourth-order valence-corrected chi connectivity index (χ4v) is 2.62. The fraction of sp³-hybridized carbons (Fsp3) is 0.583. The second-order valence-corrected chi connectivity index (χ2v) is 4.61. The maximum Gasteiger partial charge on any atom is 0.250 e. The monoisotopic (exact) mass is 258 g/mol. The van der Waals surface area contributed by atoms with E-state index in [1.807, 2.05) is 0 Å². The van der Waals surface area contributed by atoms with E-state index in [-0.39, 0.29) is 19.4 Å². The van der Waals surface area contributed by atoms with Gasteiger partial charge in [0, 0.05) is 30.4 Å². The Balaban J connectivity index is 2.49. The highest BCUT2D eigenvalue weighted by molar-refractivity contribution is 5.50. The summed E-state index contributed by atoms with van der Waals surface area (Å²) in [6, 6.07) is 0. The van der Waals surface area contributed by atoms with Crippen LogP contribution in [0.3, 0.4) is 0 Å². The van der Waals surface area contributed by atoms with Crippen molar-refractivity contribution in [3.63, 3.8) is 0 Å². The van der Waals surface area contributed by atoms with Crippen molar-refractivity contribution in [1.82, 2.24) is 4.98 Å². The molecule has 1 fully saturated rings. The van der Waals surface area contributed by atoms with Crippen LogP contribution in [0.1, 0.15) is 18.4 Å². The second kappa shape index (κ2) is 4.35. The number of hydrogen-bond acceptors (Lipinski definition) is 4. The fourth-order valence-electron chi connectivity index (χ4n) is 2.62. The van der Waals surface area contributed by atoms with Crippen LogP contribution in [0.2, 0.25) is 0 Å². The van der Waals surface area contributed by atoms with Gasteiger partial charge < -0.3 is 15.2 Å². The van der Waals surface area contributed by atoms with Crippen LogP contribution in [0, 0.1) is 0 Å². The molecule has 0 atom stereocenters. The number of nitrogens with zero attached hydrogens (tertiary/aromatic N) is 1. The molecule has 0 saturated heterocycles. The van der Waals surface area contributed by atoms with Gasteiger partial charge in [0.15, 0.2) is 0 Å². The summed E-state index contributed by atoms with van der Waals surface area (Å²) in [4.78, 5) is 3.95. The van der Waals surface area contributed by atoms with Gasteiger partial charge in [-0.25, -0.2) is 8.78 Å². The van der Waals surface area contributed by atoms with Crippen molar-refractivity contribution in [1.29, 1.82) is 0 Å². The molecular formula is C12H16F2N2O2. The zero-order valence-electron chi connectivity index (χ0n) is 10.4. The SMILES string of the molecule is COc1cncc(OC)c1C1(CN)CC(F)(F)C1. The van der Waals surface area contributed by atoms with Gasteiger partial charge in [-0.05, 0) is 0 Å². The van der Waals surface area contributed by atoms with Crippen molar-refractivity contribution in [2.75, 3.05) is 20.8 Å². The Morgan fingerprint density at radius 3 is 2.06 bits per heavy atom. The van der Waals surface area contributed by atoms with Crippen molar-refractivity contribution < 1.29 is 18.3 Å². The van der Waals surface area contributed by atoms with Crippen LogP contribution < -0.4 is 15.2 Å². The molecule has 2 rings (SSSR count). The molecule has 1 aliphatic rings. The zero-order valence-corrected chi connectivity index (χ0v) is 10.4. The molecule has 100 valence electrons. The first-order valence-electron chi connectivity index (χ1n) is 5.62. The maximum absolute atomic E-state index is 13.2. The Kier molecular flexibility index (Phi) is 3.14. The summed E-state index contributed by atoms with van der Waals surface area (Å²) >= 11 is 0. The van der Waals surface area contributed by atoms with E-state index in [0.29, 0.717) is 17.1 Å². The van der Waals surface area contributed by atoms with Crippen LogP contribution in [0.4, 0.5) is 8.78 Å². The first-order chi connectivity index (χ1) is 8.48. The third-order valence-electron chi connectivity index (χ3n) is 3.43. The number of pyridine rings is 1. The zero-order chi connectivity index (χ0) is 13.4. The van der Waals surface area contributed by atoms with Crippen LogP contribution in [0.15, 0.2) is 12.4 Å². The molecule has 18 heavy (non-hydrogen) atoms. The lowest BCUT2D eigenvalue weighted by Gasteiger charge is -2.47. The Hall–Kier alpha value is -1.43. The molecule has 0 radical (unpaired) electrons. The summed E-state index contributed by atoms with van der Waals surface area (Å²) in [5.41, 5.74) is 5.51. The van der Waals surface area contributed by atoms with Crippen LogP contribution >= 0.6 is 0 Å². The number of methoxy groups -OCH3 is 2.